The Kier molecular flexibility index (Phi) is 5.34. The Bertz CT molecular complexity index is 678. The average Bonchev–Trinajstić information content (AvgIpc) is 2.51. The Morgan fingerprint density at radius 3 is 2.70 bits per heavy atom. The highest BCUT2D eigenvalue weighted by atomic mass is 16.5. The van der Waals surface area contributed by atoms with Crippen molar-refractivity contribution in [2.75, 3.05) is 5.32 Å². The lowest BCUT2D eigenvalue weighted by molar-refractivity contribution is -0.0149. The number of ether oxygens (including phenoxy) is 1. The molecule has 0 bridgehead atoms. The van der Waals surface area contributed by atoms with Crippen molar-refractivity contribution in [2.45, 2.75) is 39.5 Å². The number of hydrogen-bond donors (Lipinski definition) is 2. The number of carbonyl (C=O) groups is 1. The molecule has 5 nitrogen and oxygen atoms in total. The van der Waals surface area contributed by atoms with Gasteiger partial charge in [0.25, 0.3) is 5.91 Å². The molecule has 3 N–H and O–H groups in total. The molecule has 23 heavy (non-hydrogen) atoms. The van der Waals surface area contributed by atoms with E-state index >= 15 is 0 Å². The van der Waals surface area contributed by atoms with Gasteiger partial charge in [0, 0.05) is 18.9 Å². The number of aromatic nitrogens is 1. The van der Waals surface area contributed by atoms with Gasteiger partial charge in [0.05, 0.1) is 23.5 Å². The largest absolute Gasteiger partial charge is 0.380 e. The van der Waals surface area contributed by atoms with Gasteiger partial charge in [0.1, 0.15) is 0 Å². The number of anilines is 1. The van der Waals surface area contributed by atoms with Crippen molar-refractivity contribution in [1.29, 1.82) is 0 Å². The van der Waals surface area contributed by atoms with Gasteiger partial charge < -0.3 is 15.8 Å². The zero-order chi connectivity index (χ0) is 16.9. The second-order valence-electron chi connectivity index (χ2n) is 6.36. The van der Waals surface area contributed by atoms with E-state index in [1.54, 1.807) is 12.3 Å². The third-order valence-corrected chi connectivity index (χ3v) is 3.23. The van der Waals surface area contributed by atoms with Crippen LogP contribution >= 0.6 is 0 Å². The van der Waals surface area contributed by atoms with E-state index in [4.69, 9.17) is 10.5 Å². The molecular weight excluding hydrogens is 290 g/mol. The van der Waals surface area contributed by atoms with Crippen LogP contribution in [0.2, 0.25) is 0 Å². The molecule has 0 spiro atoms. The van der Waals surface area contributed by atoms with Crippen molar-refractivity contribution in [1.82, 2.24) is 4.98 Å². The summed E-state index contributed by atoms with van der Waals surface area (Å²) in [6.45, 7) is 7.26. The molecule has 2 aromatic rings. The Hall–Kier alpha value is -2.40. The second kappa shape index (κ2) is 7.24. The fourth-order valence-electron chi connectivity index (χ4n) is 2.07. The fourth-order valence-corrected chi connectivity index (χ4v) is 2.07. The highest BCUT2D eigenvalue weighted by Gasteiger charge is 2.10. The van der Waals surface area contributed by atoms with Crippen LogP contribution in [0.3, 0.4) is 0 Å². The van der Waals surface area contributed by atoms with E-state index in [1.807, 2.05) is 39.0 Å². The number of nitrogens with zero attached hydrogens (tertiary/aromatic N) is 1. The van der Waals surface area contributed by atoms with Crippen LogP contribution in [0.5, 0.6) is 0 Å². The number of benzene rings is 1. The van der Waals surface area contributed by atoms with E-state index in [0.29, 0.717) is 24.4 Å². The maximum absolute atomic E-state index is 11.4. The predicted octanol–water partition coefficient (Wildman–Crippen LogP) is 3.11. The number of pyridine rings is 1. The molecule has 0 unspecified atom stereocenters. The third kappa shape index (κ3) is 5.38. The Morgan fingerprint density at radius 1 is 1.26 bits per heavy atom. The number of primary amides is 1. The van der Waals surface area contributed by atoms with Crippen molar-refractivity contribution >= 4 is 11.6 Å². The standard InChI is InChI=1S/C18H23N3O2/c1-18(2,3)23-12-14-6-4-5-13(9-14)10-21-16-7-8-20-11-15(16)17(19)22/h4-9,11H,10,12H2,1-3H3,(H2,19,22)(H,20,21). The number of nitrogens with one attached hydrogen (secondary N) is 1. The Labute approximate surface area is 136 Å². The molecule has 1 aromatic carbocycles. The van der Waals surface area contributed by atoms with Gasteiger partial charge in [-0.3, -0.25) is 9.78 Å². The SMILES string of the molecule is CC(C)(C)OCc1cccc(CNc2ccncc2C(N)=O)c1. The first kappa shape index (κ1) is 17.0. The zero-order valence-corrected chi connectivity index (χ0v) is 13.8. The van der Waals surface area contributed by atoms with Crippen molar-refractivity contribution in [3.8, 4) is 0 Å². The van der Waals surface area contributed by atoms with Crippen LogP contribution in [0.15, 0.2) is 42.7 Å². The van der Waals surface area contributed by atoms with Crippen LogP contribution in [-0.2, 0) is 17.9 Å². The highest BCUT2D eigenvalue weighted by molar-refractivity contribution is 5.98. The summed E-state index contributed by atoms with van der Waals surface area (Å²) in [5, 5.41) is 3.23. The molecule has 1 aromatic heterocycles. The van der Waals surface area contributed by atoms with Gasteiger partial charge in [-0.15, -0.1) is 0 Å². The number of rotatable bonds is 6. The van der Waals surface area contributed by atoms with E-state index in [2.05, 4.69) is 16.4 Å². The van der Waals surface area contributed by atoms with Crippen LogP contribution in [0.25, 0.3) is 0 Å². The van der Waals surface area contributed by atoms with Crippen LogP contribution in [0.1, 0.15) is 42.3 Å². The van der Waals surface area contributed by atoms with Crippen LogP contribution in [0.4, 0.5) is 5.69 Å². The molecule has 0 aliphatic rings. The molecule has 122 valence electrons. The minimum atomic E-state index is -0.493. The number of hydrogen-bond acceptors (Lipinski definition) is 4. The predicted molar refractivity (Wildman–Crippen MR) is 91.1 cm³/mol. The normalized spacial score (nSPS) is 11.3. The summed E-state index contributed by atoms with van der Waals surface area (Å²) < 4.78 is 5.79. The first-order valence-corrected chi connectivity index (χ1v) is 7.54. The van der Waals surface area contributed by atoms with Crippen molar-refractivity contribution in [2.24, 2.45) is 5.73 Å². The molecule has 0 saturated carbocycles. The molecule has 0 aliphatic carbocycles. The van der Waals surface area contributed by atoms with Crippen LogP contribution in [-0.4, -0.2) is 16.5 Å². The van der Waals surface area contributed by atoms with Gasteiger partial charge in [0.15, 0.2) is 0 Å². The first-order valence-electron chi connectivity index (χ1n) is 7.54. The highest BCUT2D eigenvalue weighted by Crippen LogP contribution is 2.16. The summed E-state index contributed by atoms with van der Waals surface area (Å²) >= 11 is 0. The molecular formula is C18H23N3O2. The van der Waals surface area contributed by atoms with Gasteiger partial charge in [0.2, 0.25) is 0 Å². The lowest BCUT2D eigenvalue weighted by atomic mass is 10.1. The lowest BCUT2D eigenvalue weighted by Gasteiger charge is -2.19. The maximum Gasteiger partial charge on any atom is 0.252 e. The quantitative estimate of drug-likeness (QED) is 0.859. The topological polar surface area (TPSA) is 77.2 Å². The summed E-state index contributed by atoms with van der Waals surface area (Å²) in [7, 11) is 0. The van der Waals surface area contributed by atoms with Gasteiger partial charge in [-0.05, 0) is 38.0 Å². The van der Waals surface area contributed by atoms with E-state index in [1.165, 1.54) is 6.20 Å². The molecule has 0 saturated heterocycles. The van der Waals surface area contributed by atoms with E-state index in [0.717, 1.165) is 11.1 Å². The molecule has 2 rings (SSSR count). The molecule has 1 amide bonds. The number of amides is 1. The molecule has 0 fully saturated rings. The summed E-state index contributed by atoms with van der Waals surface area (Å²) in [4.78, 5) is 15.3. The van der Waals surface area contributed by atoms with Crippen LogP contribution < -0.4 is 11.1 Å². The monoisotopic (exact) mass is 313 g/mol. The Balaban J connectivity index is 2.03. The van der Waals surface area contributed by atoms with Gasteiger partial charge in [-0.2, -0.15) is 0 Å². The van der Waals surface area contributed by atoms with Crippen molar-refractivity contribution in [3.05, 3.63) is 59.4 Å². The van der Waals surface area contributed by atoms with Crippen LogP contribution in [0, 0.1) is 0 Å². The summed E-state index contributed by atoms with van der Waals surface area (Å²) in [6, 6.07) is 9.89. The Morgan fingerprint density at radius 2 is 2.00 bits per heavy atom. The van der Waals surface area contributed by atoms with E-state index in [-0.39, 0.29) is 5.60 Å². The number of carbonyl (C=O) groups excluding carboxylic acids is 1. The molecule has 5 heteroatoms. The van der Waals surface area contributed by atoms with Gasteiger partial charge in [-0.1, -0.05) is 24.3 Å². The van der Waals surface area contributed by atoms with E-state index < -0.39 is 5.91 Å². The lowest BCUT2D eigenvalue weighted by Crippen LogP contribution is -2.18. The molecule has 1 heterocycles. The van der Waals surface area contributed by atoms with Gasteiger partial charge >= 0.3 is 0 Å². The zero-order valence-electron chi connectivity index (χ0n) is 13.8. The number of nitrogens with two attached hydrogens (primary N) is 1. The smallest absolute Gasteiger partial charge is 0.252 e. The van der Waals surface area contributed by atoms with Crippen molar-refractivity contribution < 1.29 is 9.53 Å². The first-order chi connectivity index (χ1) is 10.8. The molecule has 0 atom stereocenters. The summed E-state index contributed by atoms with van der Waals surface area (Å²) in [5.74, 6) is -0.493. The average molecular weight is 313 g/mol. The maximum atomic E-state index is 11.4. The molecule has 0 radical (unpaired) electrons. The molecule has 0 aliphatic heterocycles. The summed E-state index contributed by atoms with van der Waals surface area (Å²) in [5.41, 5.74) is 8.48. The minimum Gasteiger partial charge on any atom is -0.380 e. The minimum absolute atomic E-state index is 0.165. The van der Waals surface area contributed by atoms with Crippen molar-refractivity contribution in [3.63, 3.8) is 0 Å². The van der Waals surface area contributed by atoms with E-state index in [9.17, 15) is 4.79 Å². The fraction of sp³-hybridized carbons (Fsp3) is 0.333. The summed E-state index contributed by atoms with van der Waals surface area (Å²) in [6.07, 6.45) is 3.10. The van der Waals surface area contributed by atoms with Gasteiger partial charge in [-0.25, -0.2) is 0 Å². The second-order valence-corrected chi connectivity index (χ2v) is 6.36. The third-order valence-electron chi connectivity index (χ3n) is 3.23.